The zero-order valence-corrected chi connectivity index (χ0v) is 14.3. The normalized spacial score (nSPS) is 11.5. The van der Waals surface area contributed by atoms with E-state index in [-0.39, 0.29) is 18.2 Å². The molecule has 0 saturated heterocycles. The molecule has 0 unspecified atom stereocenters. The van der Waals surface area contributed by atoms with Gasteiger partial charge in [-0.2, -0.15) is 0 Å². The molecule has 0 aliphatic rings. The van der Waals surface area contributed by atoms with Gasteiger partial charge in [0.05, 0.1) is 18.3 Å². The number of methoxy groups -OCH3 is 1. The zero-order chi connectivity index (χ0) is 16.0. The third-order valence-electron chi connectivity index (χ3n) is 3.31. The van der Waals surface area contributed by atoms with E-state index in [0.717, 1.165) is 4.90 Å². The third kappa shape index (κ3) is 5.20. The molecule has 0 spiro atoms. The van der Waals surface area contributed by atoms with Crippen LogP contribution in [0.4, 0.5) is 0 Å². The first-order chi connectivity index (χ1) is 9.77. The lowest BCUT2D eigenvalue weighted by Crippen LogP contribution is -2.29. The van der Waals surface area contributed by atoms with Crippen LogP contribution in [0.15, 0.2) is 29.2 Å². The van der Waals surface area contributed by atoms with Crippen LogP contribution in [-0.4, -0.2) is 24.6 Å². The van der Waals surface area contributed by atoms with Gasteiger partial charge in [-0.15, -0.1) is 11.8 Å². The lowest BCUT2D eigenvalue weighted by molar-refractivity contribution is -0.152. The number of rotatable bonds is 7. The molecule has 0 aliphatic carbocycles. The summed E-state index contributed by atoms with van der Waals surface area (Å²) in [5.74, 6) is 0.525. The number of thioether (sulfide) groups is 1. The van der Waals surface area contributed by atoms with Crippen LogP contribution in [0.3, 0.4) is 0 Å². The van der Waals surface area contributed by atoms with Crippen molar-refractivity contribution < 1.29 is 14.3 Å². The highest BCUT2D eigenvalue weighted by Crippen LogP contribution is 2.30. The lowest BCUT2D eigenvalue weighted by atomic mass is 9.88. The number of esters is 1. The SMILES string of the molecule is COC(=O)C(C)(C)CC(=O)CSc1ccccc1C(C)C. The molecule has 0 heterocycles. The number of Topliss-reactive ketones (excluding diaryl/α,β-unsaturated/α-hetero) is 1. The Hall–Kier alpha value is -1.29. The molecule has 1 aromatic rings. The van der Waals surface area contributed by atoms with Crippen molar-refractivity contribution in [1.82, 2.24) is 0 Å². The van der Waals surface area contributed by atoms with E-state index in [4.69, 9.17) is 4.74 Å². The first-order valence-corrected chi connectivity index (χ1v) is 8.08. The molecule has 1 aromatic carbocycles. The second-order valence-corrected chi connectivity index (χ2v) is 7.09. The van der Waals surface area contributed by atoms with Gasteiger partial charge in [-0.05, 0) is 31.4 Å². The van der Waals surface area contributed by atoms with Crippen molar-refractivity contribution in [2.75, 3.05) is 12.9 Å². The van der Waals surface area contributed by atoms with Crippen LogP contribution in [0.2, 0.25) is 0 Å². The Bertz CT molecular complexity index is 507. The molecule has 1 rings (SSSR count). The third-order valence-corrected chi connectivity index (χ3v) is 4.46. The van der Waals surface area contributed by atoms with Crippen LogP contribution in [0.1, 0.15) is 45.6 Å². The summed E-state index contributed by atoms with van der Waals surface area (Å²) < 4.78 is 4.73. The largest absolute Gasteiger partial charge is 0.469 e. The van der Waals surface area contributed by atoms with Crippen LogP contribution in [0.25, 0.3) is 0 Å². The Morgan fingerprint density at radius 1 is 1.24 bits per heavy atom. The fourth-order valence-corrected chi connectivity index (χ4v) is 3.20. The van der Waals surface area contributed by atoms with Crippen molar-refractivity contribution in [3.05, 3.63) is 29.8 Å². The van der Waals surface area contributed by atoms with E-state index in [1.807, 2.05) is 18.2 Å². The van der Waals surface area contributed by atoms with Crippen molar-refractivity contribution in [2.24, 2.45) is 5.41 Å². The van der Waals surface area contributed by atoms with Gasteiger partial charge in [-0.3, -0.25) is 9.59 Å². The molecule has 0 atom stereocenters. The van der Waals surface area contributed by atoms with Crippen molar-refractivity contribution >= 4 is 23.5 Å². The second kappa shape index (κ2) is 7.64. The minimum absolute atomic E-state index is 0.0639. The molecule has 0 saturated carbocycles. The van der Waals surface area contributed by atoms with Crippen LogP contribution in [0.5, 0.6) is 0 Å². The standard InChI is InChI=1S/C17H24O3S/c1-12(2)14-8-6-7-9-15(14)21-11-13(18)10-17(3,4)16(19)20-5/h6-9,12H,10-11H2,1-5H3. The van der Waals surface area contributed by atoms with Crippen LogP contribution < -0.4 is 0 Å². The van der Waals surface area contributed by atoms with Gasteiger partial charge in [0.1, 0.15) is 5.78 Å². The first kappa shape index (κ1) is 17.8. The van der Waals surface area contributed by atoms with Crippen molar-refractivity contribution in [3.63, 3.8) is 0 Å². The summed E-state index contributed by atoms with van der Waals surface area (Å²) in [6.45, 7) is 7.76. The number of carbonyl (C=O) groups is 2. The van der Waals surface area contributed by atoms with E-state index in [2.05, 4.69) is 19.9 Å². The summed E-state index contributed by atoms with van der Waals surface area (Å²) in [5, 5.41) is 0. The molecule has 0 fully saturated rings. The maximum absolute atomic E-state index is 12.1. The van der Waals surface area contributed by atoms with Gasteiger partial charge in [0, 0.05) is 11.3 Å². The van der Waals surface area contributed by atoms with Gasteiger partial charge < -0.3 is 4.74 Å². The molecule has 0 bridgehead atoms. The smallest absolute Gasteiger partial charge is 0.311 e. The molecule has 0 aromatic heterocycles. The molecule has 4 heteroatoms. The Morgan fingerprint density at radius 3 is 2.43 bits per heavy atom. The molecule has 21 heavy (non-hydrogen) atoms. The van der Waals surface area contributed by atoms with Crippen molar-refractivity contribution in [2.45, 2.75) is 44.9 Å². The molecule has 0 radical (unpaired) electrons. The topological polar surface area (TPSA) is 43.4 Å². The van der Waals surface area contributed by atoms with E-state index < -0.39 is 5.41 Å². The predicted octanol–water partition coefficient (Wildman–Crippen LogP) is 4.06. The maximum Gasteiger partial charge on any atom is 0.311 e. The van der Waals surface area contributed by atoms with Crippen molar-refractivity contribution in [3.8, 4) is 0 Å². The Balaban J connectivity index is 2.64. The molecule has 0 aliphatic heterocycles. The highest BCUT2D eigenvalue weighted by Gasteiger charge is 2.31. The van der Waals surface area contributed by atoms with E-state index >= 15 is 0 Å². The summed E-state index contributed by atoms with van der Waals surface area (Å²) in [7, 11) is 1.35. The number of benzene rings is 1. The maximum atomic E-state index is 12.1. The molecule has 116 valence electrons. The Kier molecular flexibility index (Phi) is 6.46. The number of hydrogen-bond acceptors (Lipinski definition) is 4. The minimum atomic E-state index is -0.760. The molecule has 0 amide bonds. The monoisotopic (exact) mass is 308 g/mol. The average Bonchev–Trinajstić information content (AvgIpc) is 2.43. The van der Waals surface area contributed by atoms with E-state index in [1.165, 1.54) is 12.7 Å². The summed E-state index contributed by atoms with van der Waals surface area (Å²) in [4.78, 5) is 24.8. The highest BCUT2D eigenvalue weighted by atomic mass is 32.2. The van der Waals surface area contributed by atoms with Crippen molar-refractivity contribution in [1.29, 1.82) is 0 Å². The summed E-state index contributed by atoms with van der Waals surface area (Å²) in [5.41, 5.74) is 0.492. The number of hydrogen-bond donors (Lipinski definition) is 0. The second-order valence-electron chi connectivity index (χ2n) is 6.07. The van der Waals surface area contributed by atoms with Crippen LogP contribution in [0, 0.1) is 5.41 Å². The quantitative estimate of drug-likeness (QED) is 0.563. The summed E-state index contributed by atoms with van der Waals surface area (Å²) >= 11 is 1.54. The highest BCUT2D eigenvalue weighted by molar-refractivity contribution is 8.00. The molecular formula is C17H24O3S. The number of ketones is 1. The van der Waals surface area contributed by atoms with Gasteiger partial charge >= 0.3 is 5.97 Å². The number of carbonyl (C=O) groups excluding carboxylic acids is 2. The summed E-state index contributed by atoms with van der Waals surface area (Å²) in [6, 6.07) is 8.13. The van der Waals surface area contributed by atoms with Crippen LogP contribution in [-0.2, 0) is 14.3 Å². The first-order valence-electron chi connectivity index (χ1n) is 7.09. The van der Waals surface area contributed by atoms with Gasteiger partial charge in [0.2, 0.25) is 0 Å². The molecule has 3 nitrogen and oxygen atoms in total. The fourth-order valence-electron chi connectivity index (χ4n) is 2.14. The van der Waals surface area contributed by atoms with Gasteiger partial charge in [-0.25, -0.2) is 0 Å². The van der Waals surface area contributed by atoms with Gasteiger partial charge in [0.15, 0.2) is 0 Å². The Morgan fingerprint density at radius 2 is 1.86 bits per heavy atom. The molecule has 0 N–H and O–H groups in total. The number of ether oxygens (including phenoxy) is 1. The average molecular weight is 308 g/mol. The van der Waals surface area contributed by atoms with E-state index in [1.54, 1.807) is 25.6 Å². The zero-order valence-electron chi connectivity index (χ0n) is 13.4. The van der Waals surface area contributed by atoms with Gasteiger partial charge in [-0.1, -0.05) is 32.0 Å². The van der Waals surface area contributed by atoms with E-state index in [0.29, 0.717) is 11.7 Å². The fraction of sp³-hybridized carbons (Fsp3) is 0.529. The summed E-state index contributed by atoms with van der Waals surface area (Å²) in [6.07, 6.45) is 0.205. The van der Waals surface area contributed by atoms with E-state index in [9.17, 15) is 9.59 Å². The minimum Gasteiger partial charge on any atom is -0.469 e. The van der Waals surface area contributed by atoms with Gasteiger partial charge in [0.25, 0.3) is 0 Å². The Labute approximate surface area is 131 Å². The predicted molar refractivity (Wildman–Crippen MR) is 86.7 cm³/mol. The van der Waals surface area contributed by atoms with Crippen LogP contribution >= 0.6 is 11.8 Å². The molecular weight excluding hydrogens is 284 g/mol. The lowest BCUT2D eigenvalue weighted by Gasteiger charge is -2.20.